The molecule has 0 bridgehead atoms. The van der Waals surface area contributed by atoms with Gasteiger partial charge in [-0.25, -0.2) is 9.97 Å². The number of hydrogen-bond acceptors (Lipinski definition) is 5. The van der Waals surface area contributed by atoms with Crippen LogP contribution in [0.1, 0.15) is 0 Å². The first-order valence-corrected chi connectivity index (χ1v) is 8.97. The molecular weight excluding hydrogens is 334 g/mol. The Bertz CT molecular complexity index is 856. The number of nitrogens with zero attached hydrogens (tertiary/aromatic N) is 2. The predicted molar refractivity (Wildman–Crippen MR) is 101 cm³/mol. The highest BCUT2D eigenvalue weighted by Gasteiger charge is 2.11. The molecule has 5 nitrogen and oxygen atoms in total. The van der Waals surface area contributed by atoms with Gasteiger partial charge in [-0.3, -0.25) is 4.79 Å². The summed E-state index contributed by atoms with van der Waals surface area (Å²) in [6.07, 6.45) is 0. The van der Waals surface area contributed by atoms with Crippen molar-refractivity contribution in [1.82, 2.24) is 15.3 Å². The van der Waals surface area contributed by atoms with Gasteiger partial charge in [0.1, 0.15) is 5.03 Å². The lowest BCUT2D eigenvalue weighted by Gasteiger charge is -2.09. The topological polar surface area (TPSA) is 64.1 Å². The summed E-state index contributed by atoms with van der Waals surface area (Å²) in [7, 11) is 1.61. The van der Waals surface area contributed by atoms with Gasteiger partial charge < -0.3 is 10.1 Å². The van der Waals surface area contributed by atoms with Gasteiger partial charge in [-0.15, -0.1) is 0 Å². The van der Waals surface area contributed by atoms with Gasteiger partial charge in [-0.2, -0.15) is 0 Å². The molecule has 25 heavy (non-hydrogen) atoms. The van der Waals surface area contributed by atoms with Gasteiger partial charge in [0.05, 0.1) is 17.9 Å². The Kier molecular flexibility index (Phi) is 5.98. The van der Waals surface area contributed by atoms with E-state index < -0.39 is 0 Å². The molecule has 1 N–H and O–H groups in total. The van der Waals surface area contributed by atoms with Crippen molar-refractivity contribution in [2.24, 2.45) is 0 Å². The maximum absolute atomic E-state index is 12.0. The summed E-state index contributed by atoms with van der Waals surface area (Å²) >= 11 is 1.42. The number of thioether (sulfide) groups is 1. The van der Waals surface area contributed by atoms with Crippen molar-refractivity contribution in [3.63, 3.8) is 0 Å². The molecule has 0 aliphatic rings. The molecule has 0 fully saturated rings. The standard InChI is InChI=1S/C19H19N3O2S/c1-24-12-11-20-17(23)13-25-19-15-9-5-6-10-16(15)21-18(22-19)14-7-3-2-4-8-14/h2-10H,11-13H2,1H3,(H,20,23). The zero-order valence-electron chi connectivity index (χ0n) is 13.9. The molecular formula is C19H19N3O2S. The Labute approximate surface area is 150 Å². The summed E-state index contributed by atoms with van der Waals surface area (Å²) in [6.45, 7) is 1.01. The molecule has 0 aliphatic heterocycles. The lowest BCUT2D eigenvalue weighted by atomic mass is 10.2. The number of amides is 1. The van der Waals surface area contributed by atoms with E-state index in [1.165, 1.54) is 11.8 Å². The van der Waals surface area contributed by atoms with Crippen LogP contribution in [0.5, 0.6) is 0 Å². The molecule has 0 aliphatic carbocycles. The van der Waals surface area contributed by atoms with E-state index in [0.717, 1.165) is 21.5 Å². The molecule has 1 amide bonds. The van der Waals surface area contributed by atoms with Crippen molar-refractivity contribution in [3.05, 3.63) is 54.6 Å². The normalized spacial score (nSPS) is 10.8. The van der Waals surface area contributed by atoms with Gasteiger partial charge in [0, 0.05) is 24.6 Å². The van der Waals surface area contributed by atoms with Gasteiger partial charge in [0.25, 0.3) is 0 Å². The van der Waals surface area contributed by atoms with Crippen LogP contribution in [0.3, 0.4) is 0 Å². The van der Waals surface area contributed by atoms with Crippen LogP contribution in [-0.2, 0) is 9.53 Å². The number of rotatable bonds is 7. The molecule has 0 spiro atoms. The quantitative estimate of drug-likeness (QED) is 0.402. The highest BCUT2D eigenvalue weighted by atomic mass is 32.2. The molecule has 0 saturated carbocycles. The fraction of sp³-hybridized carbons (Fsp3) is 0.211. The van der Waals surface area contributed by atoms with E-state index in [1.807, 2.05) is 54.6 Å². The highest BCUT2D eigenvalue weighted by Crippen LogP contribution is 2.28. The molecule has 0 unspecified atom stereocenters. The number of para-hydroxylation sites is 1. The molecule has 2 aromatic carbocycles. The van der Waals surface area contributed by atoms with Crippen molar-refractivity contribution in [3.8, 4) is 11.4 Å². The van der Waals surface area contributed by atoms with E-state index in [-0.39, 0.29) is 5.91 Å². The summed E-state index contributed by atoms with van der Waals surface area (Å²) in [4.78, 5) is 21.3. The summed E-state index contributed by atoms with van der Waals surface area (Å²) in [5.41, 5.74) is 1.83. The van der Waals surface area contributed by atoms with Crippen molar-refractivity contribution < 1.29 is 9.53 Å². The first kappa shape index (κ1) is 17.4. The Morgan fingerprint density at radius 2 is 1.84 bits per heavy atom. The van der Waals surface area contributed by atoms with Crippen molar-refractivity contribution in [2.45, 2.75) is 5.03 Å². The number of aromatic nitrogens is 2. The number of nitrogens with one attached hydrogen (secondary N) is 1. The van der Waals surface area contributed by atoms with E-state index in [1.54, 1.807) is 7.11 Å². The largest absolute Gasteiger partial charge is 0.383 e. The number of hydrogen-bond donors (Lipinski definition) is 1. The molecule has 3 aromatic rings. The van der Waals surface area contributed by atoms with Crippen LogP contribution in [0.4, 0.5) is 0 Å². The zero-order valence-corrected chi connectivity index (χ0v) is 14.8. The number of methoxy groups -OCH3 is 1. The first-order chi connectivity index (χ1) is 12.3. The number of carbonyl (C=O) groups is 1. The third-order valence-electron chi connectivity index (χ3n) is 3.57. The summed E-state index contributed by atoms with van der Waals surface area (Å²) in [6, 6.07) is 17.7. The lowest BCUT2D eigenvalue weighted by molar-refractivity contribution is -0.118. The second-order valence-electron chi connectivity index (χ2n) is 5.37. The maximum atomic E-state index is 12.0. The van der Waals surface area contributed by atoms with Gasteiger partial charge in [-0.1, -0.05) is 60.3 Å². The molecule has 1 aromatic heterocycles. The van der Waals surface area contributed by atoms with Crippen LogP contribution in [0.25, 0.3) is 22.3 Å². The van der Waals surface area contributed by atoms with Crippen LogP contribution in [0.15, 0.2) is 59.6 Å². The average molecular weight is 353 g/mol. The van der Waals surface area contributed by atoms with E-state index >= 15 is 0 Å². The minimum Gasteiger partial charge on any atom is -0.383 e. The van der Waals surface area contributed by atoms with E-state index in [0.29, 0.717) is 24.7 Å². The summed E-state index contributed by atoms with van der Waals surface area (Å²) in [5.74, 6) is 0.937. The van der Waals surface area contributed by atoms with Crippen LogP contribution in [0.2, 0.25) is 0 Å². The van der Waals surface area contributed by atoms with Crippen LogP contribution in [0, 0.1) is 0 Å². The highest BCUT2D eigenvalue weighted by molar-refractivity contribution is 8.00. The van der Waals surface area contributed by atoms with E-state index in [4.69, 9.17) is 4.74 Å². The third-order valence-corrected chi connectivity index (χ3v) is 4.56. The smallest absolute Gasteiger partial charge is 0.230 e. The van der Waals surface area contributed by atoms with Crippen molar-refractivity contribution >= 4 is 28.6 Å². The minimum atomic E-state index is -0.0361. The van der Waals surface area contributed by atoms with Crippen LogP contribution in [-0.4, -0.2) is 41.9 Å². The molecule has 0 atom stereocenters. The number of ether oxygens (including phenoxy) is 1. The van der Waals surface area contributed by atoms with Crippen LogP contribution >= 0.6 is 11.8 Å². The average Bonchev–Trinajstić information content (AvgIpc) is 2.67. The van der Waals surface area contributed by atoms with E-state index in [2.05, 4.69) is 15.3 Å². The molecule has 0 saturated heterocycles. The third kappa shape index (κ3) is 4.55. The molecule has 1 heterocycles. The fourth-order valence-corrected chi connectivity index (χ4v) is 3.20. The predicted octanol–water partition coefficient (Wildman–Crippen LogP) is 3.15. The van der Waals surface area contributed by atoms with Crippen molar-refractivity contribution in [1.29, 1.82) is 0 Å². The molecule has 0 radical (unpaired) electrons. The SMILES string of the molecule is COCCNC(=O)CSc1nc(-c2ccccc2)nc2ccccc12. The Balaban J connectivity index is 1.84. The molecule has 3 rings (SSSR count). The minimum absolute atomic E-state index is 0.0361. The van der Waals surface area contributed by atoms with Gasteiger partial charge in [-0.05, 0) is 6.07 Å². The second-order valence-corrected chi connectivity index (χ2v) is 6.33. The van der Waals surface area contributed by atoms with Crippen LogP contribution < -0.4 is 5.32 Å². The van der Waals surface area contributed by atoms with Crippen molar-refractivity contribution in [2.75, 3.05) is 26.0 Å². The Morgan fingerprint density at radius 3 is 2.64 bits per heavy atom. The first-order valence-electron chi connectivity index (χ1n) is 7.98. The number of fused-ring (bicyclic) bond motifs is 1. The Morgan fingerprint density at radius 1 is 1.08 bits per heavy atom. The molecule has 128 valence electrons. The summed E-state index contributed by atoms with van der Waals surface area (Å²) in [5, 5.41) is 4.59. The van der Waals surface area contributed by atoms with E-state index in [9.17, 15) is 4.79 Å². The summed E-state index contributed by atoms with van der Waals surface area (Å²) < 4.78 is 4.94. The lowest BCUT2D eigenvalue weighted by Crippen LogP contribution is -2.28. The van der Waals surface area contributed by atoms with Gasteiger partial charge in [0.15, 0.2) is 5.82 Å². The number of benzene rings is 2. The second kappa shape index (κ2) is 8.60. The van der Waals surface area contributed by atoms with Gasteiger partial charge in [0.2, 0.25) is 5.91 Å². The molecule has 6 heteroatoms. The zero-order chi connectivity index (χ0) is 17.5. The monoisotopic (exact) mass is 353 g/mol. The van der Waals surface area contributed by atoms with Gasteiger partial charge >= 0.3 is 0 Å². The maximum Gasteiger partial charge on any atom is 0.230 e. The Hall–Kier alpha value is -2.44. The fourth-order valence-electron chi connectivity index (χ4n) is 2.35. The number of carbonyl (C=O) groups excluding carboxylic acids is 1.